The van der Waals surface area contributed by atoms with Crippen molar-refractivity contribution in [2.24, 2.45) is 0 Å². The van der Waals surface area contributed by atoms with Gasteiger partial charge in [0.2, 0.25) is 0 Å². The second-order valence-corrected chi connectivity index (χ2v) is 5.23. The number of rotatable bonds is 7. The molecule has 0 aliphatic heterocycles. The average molecular weight is 263 g/mol. The molecule has 0 heterocycles. The van der Waals surface area contributed by atoms with Crippen LogP contribution in [0.25, 0.3) is 0 Å². The van der Waals surface area contributed by atoms with Gasteiger partial charge in [0.1, 0.15) is 5.75 Å². The van der Waals surface area contributed by atoms with E-state index in [-0.39, 0.29) is 6.04 Å². The summed E-state index contributed by atoms with van der Waals surface area (Å²) in [5, 5.41) is 3.46. The van der Waals surface area contributed by atoms with E-state index in [1.165, 1.54) is 31.2 Å². The van der Waals surface area contributed by atoms with Gasteiger partial charge >= 0.3 is 0 Å². The van der Waals surface area contributed by atoms with Crippen LogP contribution in [0.4, 0.5) is 0 Å². The van der Waals surface area contributed by atoms with Crippen molar-refractivity contribution in [1.29, 1.82) is 0 Å². The Kier molecular flexibility index (Phi) is 5.67. The topological polar surface area (TPSA) is 30.5 Å². The van der Waals surface area contributed by atoms with E-state index in [1.54, 1.807) is 7.11 Å². The van der Waals surface area contributed by atoms with Gasteiger partial charge in [-0.1, -0.05) is 18.2 Å². The Morgan fingerprint density at radius 3 is 2.74 bits per heavy atom. The van der Waals surface area contributed by atoms with Crippen molar-refractivity contribution in [2.75, 3.05) is 20.3 Å². The zero-order chi connectivity index (χ0) is 13.5. The quantitative estimate of drug-likeness (QED) is 0.766. The van der Waals surface area contributed by atoms with Crippen LogP contribution in [-0.4, -0.2) is 26.4 Å². The molecule has 19 heavy (non-hydrogen) atoms. The molecule has 1 aromatic carbocycles. The van der Waals surface area contributed by atoms with Crippen molar-refractivity contribution < 1.29 is 9.47 Å². The second-order valence-electron chi connectivity index (χ2n) is 5.23. The van der Waals surface area contributed by atoms with Crippen LogP contribution in [0.15, 0.2) is 24.3 Å². The van der Waals surface area contributed by atoms with E-state index in [2.05, 4.69) is 36.5 Å². The minimum absolute atomic E-state index is 0.285. The lowest BCUT2D eigenvalue weighted by Crippen LogP contribution is -2.24. The summed E-state index contributed by atoms with van der Waals surface area (Å²) >= 11 is 0. The van der Waals surface area contributed by atoms with Gasteiger partial charge in [0.25, 0.3) is 0 Å². The minimum Gasteiger partial charge on any atom is -0.490 e. The molecule has 2 rings (SSSR count). The highest BCUT2D eigenvalue weighted by Gasteiger charge is 2.19. The van der Waals surface area contributed by atoms with Crippen LogP contribution in [0.5, 0.6) is 5.75 Å². The third-order valence-electron chi connectivity index (χ3n) is 3.74. The van der Waals surface area contributed by atoms with E-state index >= 15 is 0 Å². The molecule has 1 saturated carbocycles. The molecule has 1 aromatic rings. The Morgan fingerprint density at radius 1 is 1.26 bits per heavy atom. The van der Waals surface area contributed by atoms with Gasteiger partial charge < -0.3 is 14.8 Å². The molecular formula is C16H25NO2. The average Bonchev–Trinajstić information content (AvgIpc) is 2.92. The Bertz CT molecular complexity index is 375. The first kappa shape index (κ1) is 14.4. The Morgan fingerprint density at radius 2 is 2.00 bits per heavy atom. The summed E-state index contributed by atoms with van der Waals surface area (Å²) in [6, 6.07) is 8.64. The van der Waals surface area contributed by atoms with Crippen molar-refractivity contribution in [3.63, 3.8) is 0 Å². The highest BCUT2D eigenvalue weighted by molar-refractivity contribution is 5.35. The van der Waals surface area contributed by atoms with Crippen LogP contribution < -0.4 is 10.1 Å². The zero-order valence-electron chi connectivity index (χ0n) is 12.0. The highest BCUT2D eigenvalue weighted by Crippen LogP contribution is 2.29. The van der Waals surface area contributed by atoms with E-state index < -0.39 is 0 Å². The third kappa shape index (κ3) is 4.22. The van der Waals surface area contributed by atoms with E-state index in [4.69, 9.17) is 9.47 Å². The lowest BCUT2D eigenvalue weighted by Gasteiger charge is -2.21. The molecule has 1 aliphatic carbocycles. The maximum absolute atomic E-state index is 6.16. The van der Waals surface area contributed by atoms with Crippen molar-refractivity contribution in [1.82, 2.24) is 5.32 Å². The smallest absolute Gasteiger partial charge is 0.124 e. The van der Waals surface area contributed by atoms with Gasteiger partial charge in [-0.25, -0.2) is 0 Å². The van der Waals surface area contributed by atoms with Crippen molar-refractivity contribution in [3.05, 3.63) is 29.8 Å². The molecule has 0 saturated heterocycles. The SMILES string of the molecule is COCCN[C@H](C)c1ccccc1OC1CCCC1. The van der Waals surface area contributed by atoms with Crippen molar-refractivity contribution >= 4 is 0 Å². The zero-order valence-corrected chi connectivity index (χ0v) is 12.0. The summed E-state index contributed by atoms with van der Waals surface area (Å²) in [6.45, 7) is 3.76. The normalized spacial score (nSPS) is 17.6. The molecule has 0 spiro atoms. The Hall–Kier alpha value is -1.06. The highest BCUT2D eigenvalue weighted by atomic mass is 16.5. The van der Waals surface area contributed by atoms with E-state index in [9.17, 15) is 0 Å². The Balaban J connectivity index is 1.98. The summed E-state index contributed by atoms with van der Waals surface area (Å²) in [4.78, 5) is 0. The van der Waals surface area contributed by atoms with Crippen LogP contribution in [0.1, 0.15) is 44.2 Å². The first-order chi connectivity index (χ1) is 9.31. The summed E-state index contributed by atoms with van der Waals surface area (Å²) in [6.07, 6.45) is 5.40. The molecule has 3 nitrogen and oxygen atoms in total. The molecule has 106 valence electrons. The fraction of sp³-hybridized carbons (Fsp3) is 0.625. The number of nitrogens with one attached hydrogen (secondary N) is 1. The van der Waals surface area contributed by atoms with Gasteiger partial charge in [-0.2, -0.15) is 0 Å². The van der Waals surface area contributed by atoms with Gasteiger partial charge in [0.15, 0.2) is 0 Å². The Labute approximate surface area is 116 Å². The molecule has 0 aromatic heterocycles. The molecule has 0 radical (unpaired) electrons. The van der Waals surface area contributed by atoms with Gasteiger partial charge in [0, 0.05) is 25.3 Å². The summed E-state index contributed by atoms with van der Waals surface area (Å²) < 4.78 is 11.2. The van der Waals surface area contributed by atoms with Crippen LogP contribution >= 0.6 is 0 Å². The van der Waals surface area contributed by atoms with Crippen molar-refractivity contribution in [3.8, 4) is 5.75 Å². The number of hydrogen-bond acceptors (Lipinski definition) is 3. The molecule has 1 aliphatic rings. The number of ether oxygens (including phenoxy) is 2. The largest absolute Gasteiger partial charge is 0.490 e. The van der Waals surface area contributed by atoms with Crippen LogP contribution in [0.3, 0.4) is 0 Å². The lowest BCUT2D eigenvalue weighted by atomic mass is 10.1. The molecular weight excluding hydrogens is 238 g/mol. The maximum atomic E-state index is 6.16. The van der Waals surface area contributed by atoms with Crippen molar-refractivity contribution in [2.45, 2.75) is 44.8 Å². The van der Waals surface area contributed by atoms with E-state index in [0.717, 1.165) is 18.9 Å². The van der Waals surface area contributed by atoms with E-state index in [1.807, 2.05) is 0 Å². The van der Waals surface area contributed by atoms with Gasteiger partial charge in [-0.05, 0) is 38.7 Å². The van der Waals surface area contributed by atoms with Gasteiger partial charge in [0.05, 0.1) is 12.7 Å². The molecule has 0 bridgehead atoms. The predicted octanol–water partition coefficient (Wildman–Crippen LogP) is 3.31. The number of methoxy groups -OCH3 is 1. The number of para-hydroxylation sites is 1. The first-order valence-electron chi connectivity index (χ1n) is 7.29. The molecule has 0 unspecified atom stereocenters. The molecule has 0 amide bonds. The molecule has 3 heteroatoms. The number of benzene rings is 1. The van der Waals surface area contributed by atoms with E-state index in [0.29, 0.717) is 6.10 Å². The molecule has 1 fully saturated rings. The fourth-order valence-corrected chi connectivity index (χ4v) is 2.62. The van der Waals surface area contributed by atoms with Gasteiger partial charge in [-0.3, -0.25) is 0 Å². The van der Waals surface area contributed by atoms with Gasteiger partial charge in [-0.15, -0.1) is 0 Å². The second kappa shape index (κ2) is 7.51. The van der Waals surface area contributed by atoms with Crippen LogP contribution in [-0.2, 0) is 4.74 Å². The summed E-state index contributed by atoms with van der Waals surface area (Å²) in [7, 11) is 1.73. The third-order valence-corrected chi connectivity index (χ3v) is 3.74. The minimum atomic E-state index is 0.285. The van der Waals surface area contributed by atoms with Crippen LogP contribution in [0, 0.1) is 0 Å². The first-order valence-corrected chi connectivity index (χ1v) is 7.29. The van der Waals surface area contributed by atoms with Crippen LogP contribution in [0.2, 0.25) is 0 Å². The molecule has 1 atom stereocenters. The fourth-order valence-electron chi connectivity index (χ4n) is 2.62. The number of hydrogen-bond donors (Lipinski definition) is 1. The monoisotopic (exact) mass is 263 g/mol. The standard InChI is InChI=1S/C16H25NO2/c1-13(17-11-12-18-2)15-9-5-6-10-16(15)19-14-7-3-4-8-14/h5-6,9-10,13-14,17H,3-4,7-8,11-12H2,1-2H3/t13-/m1/s1. The maximum Gasteiger partial charge on any atom is 0.124 e. The predicted molar refractivity (Wildman–Crippen MR) is 77.6 cm³/mol. The molecule has 1 N–H and O–H groups in total. The summed E-state index contributed by atoms with van der Waals surface area (Å²) in [5.74, 6) is 1.03. The summed E-state index contributed by atoms with van der Waals surface area (Å²) in [5.41, 5.74) is 1.24. The lowest BCUT2D eigenvalue weighted by molar-refractivity contribution is 0.193.